The topological polar surface area (TPSA) is 24.9 Å². The van der Waals surface area contributed by atoms with E-state index in [-0.39, 0.29) is 5.82 Å². The van der Waals surface area contributed by atoms with Gasteiger partial charge in [-0.05, 0) is 24.5 Å². The molecule has 15 heavy (non-hydrogen) atoms. The first-order valence-electron chi connectivity index (χ1n) is 5.02. The van der Waals surface area contributed by atoms with E-state index < -0.39 is 0 Å². The summed E-state index contributed by atoms with van der Waals surface area (Å²) in [7, 11) is 0. The molecule has 0 radical (unpaired) electrons. The van der Waals surface area contributed by atoms with Crippen molar-refractivity contribution in [1.29, 1.82) is 0 Å². The zero-order valence-corrected chi connectivity index (χ0v) is 9.76. The molecule has 0 aliphatic carbocycles. The summed E-state index contributed by atoms with van der Waals surface area (Å²) < 4.78 is 12.8. The first kappa shape index (κ1) is 12.4. The molecule has 0 aromatic carbocycles. The SMILES string of the molecule is CC(CCl)C(C)NCc1cncc(F)c1. The van der Waals surface area contributed by atoms with Gasteiger partial charge in [0.1, 0.15) is 5.82 Å². The molecule has 0 amide bonds. The van der Waals surface area contributed by atoms with Crippen LogP contribution in [0.15, 0.2) is 18.5 Å². The van der Waals surface area contributed by atoms with Crippen LogP contribution in [0.25, 0.3) is 0 Å². The fourth-order valence-electron chi connectivity index (χ4n) is 1.17. The van der Waals surface area contributed by atoms with E-state index in [0.717, 1.165) is 5.56 Å². The second-order valence-electron chi connectivity index (χ2n) is 3.81. The third-order valence-electron chi connectivity index (χ3n) is 2.49. The van der Waals surface area contributed by atoms with E-state index in [4.69, 9.17) is 11.6 Å². The van der Waals surface area contributed by atoms with Crippen molar-refractivity contribution in [2.24, 2.45) is 5.92 Å². The van der Waals surface area contributed by atoms with Crippen LogP contribution in [0.4, 0.5) is 4.39 Å². The Kier molecular flexibility index (Phi) is 4.99. The number of nitrogens with zero attached hydrogens (tertiary/aromatic N) is 1. The third kappa shape index (κ3) is 4.14. The number of alkyl halides is 1. The van der Waals surface area contributed by atoms with Gasteiger partial charge >= 0.3 is 0 Å². The molecule has 4 heteroatoms. The number of aromatic nitrogens is 1. The van der Waals surface area contributed by atoms with E-state index >= 15 is 0 Å². The lowest BCUT2D eigenvalue weighted by molar-refractivity contribution is 0.429. The quantitative estimate of drug-likeness (QED) is 0.787. The minimum atomic E-state index is -0.299. The van der Waals surface area contributed by atoms with Gasteiger partial charge in [-0.25, -0.2) is 4.39 Å². The predicted molar refractivity (Wildman–Crippen MR) is 60.4 cm³/mol. The van der Waals surface area contributed by atoms with Gasteiger partial charge in [-0.2, -0.15) is 0 Å². The molecule has 2 atom stereocenters. The van der Waals surface area contributed by atoms with Crippen molar-refractivity contribution in [2.45, 2.75) is 26.4 Å². The Hall–Kier alpha value is -0.670. The second kappa shape index (κ2) is 6.03. The smallest absolute Gasteiger partial charge is 0.141 e. The van der Waals surface area contributed by atoms with Gasteiger partial charge in [0, 0.05) is 24.7 Å². The van der Waals surface area contributed by atoms with E-state index in [9.17, 15) is 4.39 Å². The summed E-state index contributed by atoms with van der Waals surface area (Å²) in [5, 5.41) is 3.29. The number of halogens is 2. The zero-order chi connectivity index (χ0) is 11.3. The largest absolute Gasteiger partial charge is 0.310 e. The van der Waals surface area contributed by atoms with Gasteiger partial charge in [0.2, 0.25) is 0 Å². The molecule has 1 aromatic heterocycles. The Morgan fingerprint density at radius 3 is 2.80 bits per heavy atom. The van der Waals surface area contributed by atoms with Crippen molar-refractivity contribution >= 4 is 11.6 Å². The van der Waals surface area contributed by atoms with Crippen LogP contribution in [0.2, 0.25) is 0 Å². The highest BCUT2D eigenvalue weighted by Gasteiger charge is 2.09. The molecule has 0 bridgehead atoms. The summed E-state index contributed by atoms with van der Waals surface area (Å²) in [6.07, 6.45) is 2.86. The zero-order valence-electron chi connectivity index (χ0n) is 9.00. The first-order chi connectivity index (χ1) is 7.13. The van der Waals surface area contributed by atoms with Crippen LogP contribution < -0.4 is 5.32 Å². The minimum absolute atomic E-state index is 0.299. The molecule has 84 valence electrons. The lowest BCUT2D eigenvalue weighted by atomic mass is 10.1. The van der Waals surface area contributed by atoms with Crippen LogP contribution in [0, 0.1) is 11.7 Å². The normalized spacial score (nSPS) is 14.9. The lowest BCUT2D eigenvalue weighted by Gasteiger charge is -2.18. The van der Waals surface area contributed by atoms with Crippen LogP contribution in [0.5, 0.6) is 0 Å². The predicted octanol–water partition coefficient (Wildman–Crippen LogP) is 2.57. The van der Waals surface area contributed by atoms with Crippen molar-refractivity contribution in [3.8, 4) is 0 Å². The van der Waals surface area contributed by atoms with E-state index in [1.54, 1.807) is 6.20 Å². The fourth-order valence-corrected chi connectivity index (χ4v) is 1.43. The molecule has 1 rings (SSSR count). The van der Waals surface area contributed by atoms with Crippen LogP contribution in [0.1, 0.15) is 19.4 Å². The molecule has 1 aromatic rings. The van der Waals surface area contributed by atoms with Gasteiger partial charge < -0.3 is 5.32 Å². The average Bonchev–Trinajstić information content (AvgIpc) is 2.25. The van der Waals surface area contributed by atoms with E-state index in [1.165, 1.54) is 12.3 Å². The van der Waals surface area contributed by atoms with E-state index in [1.807, 2.05) is 0 Å². The molecular formula is C11H16ClFN2. The summed E-state index contributed by atoms with van der Waals surface area (Å²) >= 11 is 5.74. The van der Waals surface area contributed by atoms with Crippen LogP contribution in [-0.4, -0.2) is 16.9 Å². The van der Waals surface area contributed by atoms with Gasteiger partial charge in [-0.1, -0.05) is 6.92 Å². The van der Waals surface area contributed by atoms with E-state index in [0.29, 0.717) is 24.4 Å². The highest BCUT2D eigenvalue weighted by atomic mass is 35.5. The molecule has 0 saturated heterocycles. The number of pyridine rings is 1. The molecule has 0 aliphatic heterocycles. The van der Waals surface area contributed by atoms with Gasteiger partial charge in [-0.15, -0.1) is 11.6 Å². The molecule has 1 heterocycles. The Morgan fingerprint density at radius 2 is 2.20 bits per heavy atom. The summed E-state index contributed by atoms with van der Waals surface area (Å²) in [4.78, 5) is 3.79. The standard InChI is InChI=1S/C11H16ClFN2/c1-8(4-12)9(2)15-6-10-3-11(13)7-14-5-10/h3,5,7-9,15H,4,6H2,1-2H3. The van der Waals surface area contributed by atoms with Gasteiger partial charge in [0.15, 0.2) is 0 Å². The molecule has 1 N–H and O–H groups in total. The number of hydrogen-bond donors (Lipinski definition) is 1. The van der Waals surface area contributed by atoms with Crippen LogP contribution in [-0.2, 0) is 6.54 Å². The maximum absolute atomic E-state index is 12.8. The molecule has 0 fully saturated rings. The van der Waals surface area contributed by atoms with Gasteiger partial charge in [-0.3, -0.25) is 4.98 Å². The fraction of sp³-hybridized carbons (Fsp3) is 0.545. The summed E-state index contributed by atoms with van der Waals surface area (Å²) in [6.45, 7) is 4.77. The van der Waals surface area contributed by atoms with Crippen LogP contribution >= 0.6 is 11.6 Å². The number of hydrogen-bond acceptors (Lipinski definition) is 2. The van der Waals surface area contributed by atoms with Crippen molar-refractivity contribution in [1.82, 2.24) is 10.3 Å². The van der Waals surface area contributed by atoms with Crippen molar-refractivity contribution in [2.75, 3.05) is 5.88 Å². The Labute approximate surface area is 94.9 Å². The maximum atomic E-state index is 12.8. The number of nitrogens with one attached hydrogen (secondary N) is 1. The Morgan fingerprint density at radius 1 is 1.47 bits per heavy atom. The highest BCUT2D eigenvalue weighted by molar-refractivity contribution is 6.18. The molecule has 0 spiro atoms. The minimum Gasteiger partial charge on any atom is -0.310 e. The molecule has 0 aliphatic rings. The van der Waals surface area contributed by atoms with Crippen molar-refractivity contribution in [3.63, 3.8) is 0 Å². The molecule has 2 nitrogen and oxygen atoms in total. The van der Waals surface area contributed by atoms with E-state index in [2.05, 4.69) is 24.1 Å². The van der Waals surface area contributed by atoms with Gasteiger partial charge in [0.25, 0.3) is 0 Å². The third-order valence-corrected chi connectivity index (χ3v) is 2.97. The molecule has 0 saturated carbocycles. The van der Waals surface area contributed by atoms with Crippen molar-refractivity contribution in [3.05, 3.63) is 29.8 Å². The highest BCUT2D eigenvalue weighted by Crippen LogP contribution is 2.06. The molecule has 2 unspecified atom stereocenters. The summed E-state index contributed by atoms with van der Waals surface area (Å²) in [5.74, 6) is 0.718. The Balaban J connectivity index is 2.43. The maximum Gasteiger partial charge on any atom is 0.141 e. The average molecular weight is 231 g/mol. The second-order valence-corrected chi connectivity index (χ2v) is 4.12. The monoisotopic (exact) mass is 230 g/mol. The summed E-state index contributed by atoms with van der Waals surface area (Å²) in [6, 6.07) is 1.80. The van der Waals surface area contributed by atoms with Crippen LogP contribution in [0.3, 0.4) is 0 Å². The number of rotatable bonds is 5. The van der Waals surface area contributed by atoms with Crippen molar-refractivity contribution < 1.29 is 4.39 Å². The lowest BCUT2D eigenvalue weighted by Crippen LogP contribution is -2.32. The Bertz CT molecular complexity index is 306. The summed E-state index contributed by atoms with van der Waals surface area (Å²) in [5.41, 5.74) is 0.851. The molecular weight excluding hydrogens is 215 g/mol. The first-order valence-corrected chi connectivity index (χ1v) is 5.55. The van der Waals surface area contributed by atoms with Gasteiger partial charge in [0.05, 0.1) is 6.20 Å².